The molecule has 0 bridgehead atoms. The van der Waals surface area contributed by atoms with E-state index in [1.807, 2.05) is 30.3 Å². The Morgan fingerprint density at radius 2 is 1.88 bits per heavy atom. The van der Waals surface area contributed by atoms with Gasteiger partial charge in [-0.2, -0.15) is 0 Å². The van der Waals surface area contributed by atoms with Gasteiger partial charge in [-0.3, -0.25) is 9.20 Å². The Morgan fingerprint density at radius 1 is 1.12 bits per heavy atom. The molecular formula is C20H27N3OS. The summed E-state index contributed by atoms with van der Waals surface area (Å²) in [6, 6.07) is 18.1. The first-order chi connectivity index (χ1) is 12.1. The van der Waals surface area contributed by atoms with Gasteiger partial charge in [0.2, 0.25) is 0 Å². The van der Waals surface area contributed by atoms with Crippen LogP contribution in [0.4, 0.5) is 0 Å². The number of aryl methyl sites for hydroxylation is 1. The molecule has 0 radical (unpaired) electrons. The van der Waals surface area contributed by atoms with Crippen LogP contribution in [0, 0.1) is 6.92 Å². The van der Waals surface area contributed by atoms with Gasteiger partial charge in [-0.1, -0.05) is 55.0 Å². The molecule has 2 aromatic carbocycles. The van der Waals surface area contributed by atoms with Gasteiger partial charge in [-0.25, -0.2) is 0 Å². The third-order valence-corrected chi connectivity index (χ3v) is 5.37. The second-order valence-corrected chi connectivity index (χ2v) is 7.63. The molecule has 0 saturated carbocycles. The maximum atomic E-state index is 12.2. The van der Waals surface area contributed by atoms with Gasteiger partial charge in [-0.05, 0) is 30.5 Å². The highest BCUT2D eigenvalue weighted by Gasteiger charge is 2.08. The Bertz CT molecular complexity index is 716. The average Bonchev–Trinajstić information content (AvgIpc) is 2.64. The van der Waals surface area contributed by atoms with Gasteiger partial charge in [0.05, 0.1) is 10.8 Å². The summed E-state index contributed by atoms with van der Waals surface area (Å²) in [5, 5.41) is 6.57. The van der Waals surface area contributed by atoms with Crippen LogP contribution in [0.15, 0.2) is 64.5 Å². The quantitative estimate of drug-likeness (QED) is 0.591. The number of hydrogen-bond donors (Lipinski definition) is 2. The Balaban J connectivity index is 1.76. The number of benzene rings is 2. The lowest BCUT2D eigenvalue weighted by molar-refractivity contribution is 0.679. The van der Waals surface area contributed by atoms with Crippen LogP contribution in [0.5, 0.6) is 0 Å². The van der Waals surface area contributed by atoms with Gasteiger partial charge in [-0.15, -0.1) is 0 Å². The summed E-state index contributed by atoms with van der Waals surface area (Å²) in [7, 11) is 0.759. The molecule has 4 nitrogen and oxygen atoms in total. The second-order valence-electron chi connectivity index (χ2n) is 6.06. The maximum Gasteiger partial charge on any atom is 0.191 e. The van der Waals surface area contributed by atoms with Gasteiger partial charge in [0.25, 0.3) is 0 Å². The lowest BCUT2D eigenvalue weighted by atomic mass is 9.99. The summed E-state index contributed by atoms with van der Waals surface area (Å²) < 4.78 is 12.2. The third-order valence-electron chi connectivity index (χ3n) is 4.00. The molecule has 2 N–H and O–H groups in total. The lowest BCUT2D eigenvalue weighted by Crippen LogP contribution is -2.40. The van der Waals surface area contributed by atoms with E-state index >= 15 is 0 Å². The van der Waals surface area contributed by atoms with Crippen LogP contribution in [-0.2, 0) is 10.8 Å². The minimum Gasteiger partial charge on any atom is -0.356 e. The molecule has 134 valence electrons. The molecule has 2 rings (SSSR count). The van der Waals surface area contributed by atoms with E-state index in [2.05, 4.69) is 53.7 Å². The summed E-state index contributed by atoms with van der Waals surface area (Å²) in [6.07, 6.45) is 0. The summed E-state index contributed by atoms with van der Waals surface area (Å²) >= 11 is 0. The maximum absolute atomic E-state index is 12.2. The van der Waals surface area contributed by atoms with Crippen molar-refractivity contribution in [1.29, 1.82) is 0 Å². The van der Waals surface area contributed by atoms with Gasteiger partial charge >= 0.3 is 0 Å². The number of aliphatic imine (C=N–C) groups is 1. The Hall–Kier alpha value is -2.14. The molecule has 2 unspecified atom stereocenters. The first kappa shape index (κ1) is 19.2. The van der Waals surface area contributed by atoms with Gasteiger partial charge in [0, 0.05) is 30.8 Å². The van der Waals surface area contributed by atoms with E-state index in [-0.39, 0.29) is 0 Å². The van der Waals surface area contributed by atoms with Crippen LogP contribution >= 0.6 is 0 Å². The molecule has 2 atom stereocenters. The van der Waals surface area contributed by atoms with Crippen molar-refractivity contribution in [3.8, 4) is 0 Å². The first-order valence-electron chi connectivity index (χ1n) is 8.54. The zero-order valence-electron chi connectivity index (χ0n) is 15.2. The van der Waals surface area contributed by atoms with E-state index in [4.69, 9.17) is 0 Å². The lowest BCUT2D eigenvalue weighted by Gasteiger charge is -2.16. The molecule has 0 aliphatic rings. The minimum atomic E-state index is -0.992. The summed E-state index contributed by atoms with van der Waals surface area (Å²) in [5.74, 6) is 1.68. The van der Waals surface area contributed by atoms with Crippen LogP contribution in [-0.4, -0.2) is 36.1 Å². The van der Waals surface area contributed by atoms with E-state index < -0.39 is 10.8 Å². The van der Waals surface area contributed by atoms with E-state index in [0.29, 0.717) is 18.2 Å². The SMILES string of the molecule is CN=C(NCCS(=O)c1ccccc1)NCC(C)c1cccc(C)c1. The average molecular weight is 358 g/mol. The number of guanidine groups is 1. The minimum absolute atomic E-state index is 0.386. The third kappa shape index (κ3) is 6.35. The molecule has 0 spiro atoms. The molecule has 0 amide bonds. The summed E-state index contributed by atoms with van der Waals surface area (Å²) in [4.78, 5) is 5.10. The van der Waals surface area contributed by atoms with Crippen molar-refractivity contribution in [1.82, 2.24) is 10.6 Å². The molecule has 0 saturated heterocycles. The van der Waals surface area contributed by atoms with Crippen molar-refractivity contribution in [2.45, 2.75) is 24.7 Å². The Kier molecular flexibility index (Phi) is 7.67. The van der Waals surface area contributed by atoms with Crippen LogP contribution in [0.2, 0.25) is 0 Å². The zero-order valence-corrected chi connectivity index (χ0v) is 16.0. The first-order valence-corrected chi connectivity index (χ1v) is 9.86. The van der Waals surface area contributed by atoms with Crippen LogP contribution < -0.4 is 10.6 Å². The highest BCUT2D eigenvalue weighted by molar-refractivity contribution is 7.85. The molecule has 0 aliphatic heterocycles. The van der Waals surface area contributed by atoms with Crippen molar-refractivity contribution < 1.29 is 4.21 Å². The van der Waals surface area contributed by atoms with Crippen molar-refractivity contribution in [3.05, 3.63) is 65.7 Å². The molecule has 0 heterocycles. The summed E-state index contributed by atoms with van der Waals surface area (Å²) in [5.41, 5.74) is 2.59. The van der Waals surface area contributed by atoms with E-state index in [1.54, 1.807) is 7.05 Å². The number of hydrogen-bond acceptors (Lipinski definition) is 2. The molecular weight excluding hydrogens is 330 g/mol. The number of rotatable bonds is 7. The highest BCUT2D eigenvalue weighted by Crippen LogP contribution is 2.15. The van der Waals surface area contributed by atoms with Crippen molar-refractivity contribution in [3.63, 3.8) is 0 Å². The van der Waals surface area contributed by atoms with E-state index in [9.17, 15) is 4.21 Å². The largest absolute Gasteiger partial charge is 0.356 e. The van der Waals surface area contributed by atoms with Crippen LogP contribution in [0.25, 0.3) is 0 Å². The van der Waals surface area contributed by atoms with Crippen molar-refractivity contribution >= 4 is 16.8 Å². The Labute approximate surface area is 153 Å². The van der Waals surface area contributed by atoms with Gasteiger partial charge in [0.15, 0.2) is 5.96 Å². The van der Waals surface area contributed by atoms with Crippen molar-refractivity contribution in [2.24, 2.45) is 4.99 Å². The normalized spacial score (nSPS) is 14.0. The fourth-order valence-electron chi connectivity index (χ4n) is 2.52. The molecule has 0 aromatic heterocycles. The van der Waals surface area contributed by atoms with E-state index in [1.165, 1.54) is 11.1 Å². The molecule has 0 aliphatic carbocycles. The predicted molar refractivity (Wildman–Crippen MR) is 107 cm³/mol. The standard InChI is InChI=1S/C20H27N3OS/c1-16-8-7-9-18(14-16)17(2)15-23-20(21-3)22-12-13-25(24)19-10-5-4-6-11-19/h4-11,14,17H,12-13,15H2,1-3H3,(H2,21,22,23). The van der Waals surface area contributed by atoms with Crippen LogP contribution in [0.1, 0.15) is 24.0 Å². The predicted octanol–water partition coefficient (Wildman–Crippen LogP) is 3.07. The smallest absolute Gasteiger partial charge is 0.191 e. The second kappa shape index (κ2) is 9.99. The topological polar surface area (TPSA) is 53.5 Å². The number of nitrogens with one attached hydrogen (secondary N) is 2. The van der Waals surface area contributed by atoms with Crippen molar-refractivity contribution in [2.75, 3.05) is 25.9 Å². The van der Waals surface area contributed by atoms with Gasteiger partial charge in [0.1, 0.15) is 0 Å². The van der Waals surface area contributed by atoms with Crippen LogP contribution in [0.3, 0.4) is 0 Å². The summed E-state index contributed by atoms with van der Waals surface area (Å²) in [6.45, 7) is 5.71. The number of nitrogens with zero attached hydrogens (tertiary/aromatic N) is 1. The highest BCUT2D eigenvalue weighted by atomic mass is 32.2. The van der Waals surface area contributed by atoms with Gasteiger partial charge < -0.3 is 10.6 Å². The molecule has 5 heteroatoms. The fraction of sp³-hybridized carbons (Fsp3) is 0.350. The fourth-order valence-corrected chi connectivity index (χ4v) is 3.50. The molecule has 2 aromatic rings. The molecule has 25 heavy (non-hydrogen) atoms. The van der Waals surface area contributed by atoms with E-state index in [0.717, 1.165) is 17.4 Å². The Morgan fingerprint density at radius 3 is 2.56 bits per heavy atom. The monoisotopic (exact) mass is 357 g/mol. The zero-order chi connectivity index (χ0) is 18.1. The molecule has 0 fully saturated rings.